The number of carboxylic acids is 1. The van der Waals surface area contributed by atoms with Crippen LogP contribution < -0.4 is 5.32 Å². The van der Waals surface area contributed by atoms with Gasteiger partial charge in [0.2, 0.25) is 0 Å². The van der Waals surface area contributed by atoms with Gasteiger partial charge in [-0.05, 0) is 18.9 Å². The lowest BCUT2D eigenvalue weighted by Crippen LogP contribution is -2.35. The highest BCUT2D eigenvalue weighted by Gasteiger charge is 2.22. The molecule has 0 amide bonds. The fourth-order valence-electron chi connectivity index (χ4n) is 2.33. The molecule has 2 N–H and O–H groups in total. The molecule has 4 heteroatoms. The van der Waals surface area contributed by atoms with E-state index < -0.39 is 5.97 Å². The second-order valence-corrected chi connectivity index (χ2v) is 4.98. The molecule has 98 valence electrons. The van der Waals surface area contributed by atoms with Crippen LogP contribution in [0.25, 0.3) is 0 Å². The zero-order chi connectivity index (χ0) is 13.0. The van der Waals surface area contributed by atoms with Crippen LogP contribution in [0, 0.1) is 6.92 Å². The topological polar surface area (TPSA) is 52.6 Å². The maximum Gasteiger partial charge on any atom is 0.317 e. The summed E-state index contributed by atoms with van der Waals surface area (Å²) in [5.41, 5.74) is 2.60. The Kier molecular flexibility index (Phi) is 4.33. The van der Waals surface area contributed by atoms with Crippen molar-refractivity contribution in [2.24, 2.45) is 0 Å². The van der Waals surface area contributed by atoms with Crippen LogP contribution >= 0.6 is 0 Å². The van der Waals surface area contributed by atoms with Crippen LogP contribution in [0.4, 0.5) is 0 Å². The Hall–Kier alpha value is -1.39. The van der Waals surface area contributed by atoms with Crippen LogP contribution in [-0.2, 0) is 11.3 Å². The minimum atomic E-state index is -0.785. The van der Waals surface area contributed by atoms with Crippen LogP contribution in [-0.4, -0.2) is 41.7 Å². The molecule has 0 radical (unpaired) electrons. The minimum absolute atomic E-state index is 0.0586. The van der Waals surface area contributed by atoms with E-state index >= 15 is 0 Å². The molecule has 2 rings (SSSR count). The second-order valence-electron chi connectivity index (χ2n) is 4.98. The molecule has 0 aromatic heterocycles. The van der Waals surface area contributed by atoms with E-state index in [4.69, 9.17) is 5.11 Å². The number of nitrogens with one attached hydrogen (secondary N) is 1. The van der Waals surface area contributed by atoms with E-state index in [1.54, 1.807) is 0 Å². The fourth-order valence-corrected chi connectivity index (χ4v) is 2.33. The molecule has 1 heterocycles. The molecule has 1 unspecified atom stereocenters. The maximum atomic E-state index is 10.5. The van der Waals surface area contributed by atoms with E-state index in [-0.39, 0.29) is 6.54 Å². The monoisotopic (exact) mass is 248 g/mol. The van der Waals surface area contributed by atoms with Gasteiger partial charge in [0.1, 0.15) is 0 Å². The zero-order valence-electron chi connectivity index (χ0n) is 10.7. The van der Waals surface area contributed by atoms with Gasteiger partial charge in [-0.15, -0.1) is 0 Å². The molecule has 0 aliphatic carbocycles. The van der Waals surface area contributed by atoms with Gasteiger partial charge in [-0.1, -0.05) is 29.8 Å². The number of carbonyl (C=O) groups is 1. The third kappa shape index (κ3) is 3.82. The van der Waals surface area contributed by atoms with Crippen molar-refractivity contribution in [3.05, 3.63) is 35.4 Å². The van der Waals surface area contributed by atoms with Gasteiger partial charge in [0.15, 0.2) is 0 Å². The summed E-state index contributed by atoms with van der Waals surface area (Å²) in [4.78, 5) is 12.8. The summed E-state index contributed by atoms with van der Waals surface area (Å²) in [7, 11) is 0. The molecule has 0 saturated carbocycles. The van der Waals surface area contributed by atoms with E-state index in [0.29, 0.717) is 6.04 Å². The number of likely N-dealkylation sites (tertiary alicyclic amines) is 1. The molecule has 1 atom stereocenters. The summed E-state index contributed by atoms with van der Waals surface area (Å²) in [6, 6.07) is 8.89. The molecular formula is C14H20N2O2. The summed E-state index contributed by atoms with van der Waals surface area (Å²) in [6.07, 6.45) is 1.03. The van der Waals surface area contributed by atoms with Crippen LogP contribution in [0.2, 0.25) is 0 Å². The van der Waals surface area contributed by atoms with Gasteiger partial charge < -0.3 is 10.4 Å². The van der Waals surface area contributed by atoms with Crippen LogP contribution in [0.3, 0.4) is 0 Å². The SMILES string of the molecule is Cc1ccc(CN2CCC(NCC(=O)O)C2)cc1. The summed E-state index contributed by atoms with van der Waals surface area (Å²) in [6.45, 7) is 5.06. The summed E-state index contributed by atoms with van der Waals surface area (Å²) < 4.78 is 0. The van der Waals surface area contributed by atoms with Gasteiger partial charge in [-0.2, -0.15) is 0 Å². The molecule has 1 saturated heterocycles. The first-order valence-corrected chi connectivity index (χ1v) is 6.36. The van der Waals surface area contributed by atoms with Crippen LogP contribution in [0.15, 0.2) is 24.3 Å². The molecule has 0 spiro atoms. The molecular weight excluding hydrogens is 228 g/mol. The maximum absolute atomic E-state index is 10.5. The molecule has 4 nitrogen and oxygen atoms in total. The Morgan fingerprint density at radius 1 is 1.44 bits per heavy atom. The van der Waals surface area contributed by atoms with Crippen molar-refractivity contribution in [2.75, 3.05) is 19.6 Å². The van der Waals surface area contributed by atoms with Crippen molar-refractivity contribution in [1.29, 1.82) is 0 Å². The first kappa shape index (κ1) is 13.1. The highest BCUT2D eigenvalue weighted by Crippen LogP contribution is 2.13. The highest BCUT2D eigenvalue weighted by molar-refractivity contribution is 5.69. The first-order valence-electron chi connectivity index (χ1n) is 6.36. The summed E-state index contributed by atoms with van der Waals surface area (Å²) in [5.74, 6) is -0.785. The van der Waals surface area contributed by atoms with Gasteiger partial charge >= 0.3 is 5.97 Å². The quantitative estimate of drug-likeness (QED) is 0.823. The Labute approximate surface area is 108 Å². The van der Waals surface area contributed by atoms with Crippen molar-refractivity contribution in [2.45, 2.75) is 25.9 Å². The van der Waals surface area contributed by atoms with E-state index in [1.165, 1.54) is 11.1 Å². The zero-order valence-corrected chi connectivity index (χ0v) is 10.7. The summed E-state index contributed by atoms with van der Waals surface area (Å²) in [5, 5.41) is 11.7. The largest absolute Gasteiger partial charge is 0.480 e. The Balaban J connectivity index is 1.78. The molecule has 18 heavy (non-hydrogen) atoms. The predicted molar refractivity (Wildman–Crippen MR) is 70.5 cm³/mol. The van der Waals surface area contributed by atoms with Gasteiger partial charge in [-0.25, -0.2) is 0 Å². The van der Waals surface area contributed by atoms with Crippen molar-refractivity contribution in [3.8, 4) is 0 Å². The lowest BCUT2D eigenvalue weighted by Gasteiger charge is -2.16. The smallest absolute Gasteiger partial charge is 0.317 e. The molecule has 1 aromatic carbocycles. The highest BCUT2D eigenvalue weighted by atomic mass is 16.4. The molecule has 0 bridgehead atoms. The van der Waals surface area contributed by atoms with E-state index in [1.807, 2.05) is 0 Å². The Morgan fingerprint density at radius 3 is 2.83 bits per heavy atom. The van der Waals surface area contributed by atoms with E-state index in [9.17, 15) is 4.79 Å². The molecule has 1 aliphatic heterocycles. The number of hydrogen-bond acceptors (Lipinski definition) is 3. The number of benzene rings is 1. The molecule has 1 aromatic rings. The van der Waals surface area contributed by atoms with Crippen molar-refractivity contribution < 1.29 is 9.90 Å². The number of carboxylic acid groups (broad SMARTS) is 1. The number of aliphatic carboxylic acids is 1. The number of aryl methyl sites for hydroxylation is 1. The normalized spacial score (nSPS) is 20.2. The number of rotatable bonds is 5. The standard InChI is InChI=1S/C14H20N2O2/c1-11-2-4-12(5-3-11)9-16-7-6-13(10-16)15-8-14(17)18/h2-5,13,15H,6-10H2,1H3,(H,17,18). The third-order valence-electron chi connectivity index (χ3n) is 3.34. The average molecular weight is 248 g/mol. The lowest BCUT2D eigenvalue weighted by molar-refractivity contribution is -0.136. The predicted octanol–water partition coefficient (Wildman–Crippen LogP) is 1.24. The van der Waals surface area contributed by atoms with Gasteiger partial charge in [0.25, 0.3) is 0 Å². The van der Waals surface area contributed by atoms with Crippen molar-refractivity contribution in [3.63, 3.8) is 0 Å². The van der Waals surface area contributed by atoms with Crippen LogP contribution in [0.5, 0.6) is 0 Å². The van der Waals surface area contributed by atoms with Gasteiger partial charge in [0, 0.05) is 25.7 Å². The fraction of sp³-hybridized carbons (Fsp3) is 0.500. The van der Waals surface area contributed by atoms with E-state index in [2.05, 4.69) is 41.4 Å². The Morgan fingerprint density at radius 2 is 2.17 bits per heavy atom. The number of nitrogens with zero attached hydrogens (tertiary/aromatic N) is 1. The lowest BCUT2D eigenvalue weighted by atomic mass is 10.1. The molecule has 1 fully saturated rings. The summed E-state index contributed by atoms with van der Waals surface area (Å²) >= 11 is 0. The Bertz CT molecular complexity index is 403. The van der Waals surface area contributed by atoms with Crippen molar-refractivity contribution in [1.82, 2.24) is 10.2 Å². The molecule has 1 aliphatic rings. The van der Waals surface area contributed by atoms with Crippen LogP contribution in [0.1, 0.15) is 17.5 Å². The average Bonchev–Trinajstić information content (AvgIpc) is 2.77. The number of hydrogen-bond donors (Lipinski definition) is 2. The minimum Gasteiger partial charge on any atom is -0.480 e. The van der Waals surface area contributed by atoms with Gasteiger partial charge in [-0.3, -0.25) is 9.69 Å². The van der Waals surface area contributed by atoms with Crippen molar-refractivity contribution >= 4 is 5.97 Å². The second kappa shape index (κ2) is 5.98. The van der Waals surface area contributed by atoms with Gasteiger partial charge in [0.05, 0.1) is 6.54 Å². The van der Waals surface area contributed by atoms with E-state index in [0.717, 1.165) is 26.1 Å². The third-order valence-corrected chi connectivity index (χ3v) is 3.34. The first-order chi connectivity index (χ1) is 8.63.